The lowest BCUT2D eigenvalue weighted by Gasteiger charge is -2.15. The molecular formula is C13H20FNO3S. The summed E-state index contributed by atoms with van der Waals surface area (Å²) >= 11 is 0. The number of aliphatic hydroxyl groups is 1. The van der Waals surface area contributed by atoms with Crippen molar-refractivity contribution in [3.05, 3.63) is 29.1 Å². The van der Waals surface area contributed by atoms with Crippen LogP contribution in [0.4, 0.5) is 4.39 Å². The van der Waals surface area contributed by atoms with Crippen molar-refractivity contribution in [2.24, 2.45) is 5.92 Å². The molecule has 0 bridgehead atoms. The molecule has 0 spiro atoms. The molecule has 0 aromatic heterocycles. The first kappa shape index (κ1) is 16.1. The molecule has 0 aliphatic rings. The third-order valence-corrected chi connectivity index (χ3v) is 4.67. The lowest BCUT2D eigenvalue weighted by Crippen LogP contribution is -2.30. The van der Waals surface area contributed by atoms with E-state index in [1.54, 1.807) is 13.8 Å². The Morgan fingerprint density at radius 3 is 2.32 bits per heavy atom. The highest BCUT2D eigenvalue weighted by molar-refractivity contribution is 7.89. The molecule has 108 valence electrons. The van der Waals surface area contributed by atoms with Crippen LogP contribution in [0.3, 0.4) is 0 Å². The average Bonchev–Trinajstić information content (AvgIpc) is 2.25. The lowest BCUT2D eigenvalue weighted by atomic mass is 10.1. The van der Waals surface area contributed by atoms with E-state index in [-0.39, 0.29) is 24.0 Å². The number of aliphatic hydroxyl groups excluding tert-OH is 1. The average molecular weight is 289 g/mol. The normalized spacial score (nSPS) is 13.5. The molecule has 0 aliphatic heterocycles. The number of benzene rings is 1. The standard InChI is InChI=1S/C13H20FNO3S/c1-9(4-5-16)8-15-19(17,18)13-10(2)6-12(14)7-11(13)3/h6-7,9,15-16H,4-5,8H2,1-3H3. The van der Waals surface area contributed by atoms with Gasteiger partial charge in [0.1, 0.15) is 5.82 Å². The van der Waals surface area contributed by atoms with Gasteiger partial charge in [-0.1, -0.05) is 6.92 Å². The van der Waals surface area contributed by atoms with Crippen LogP contribution in [0.2, 0.25) is 0 Å². The second kappa shape index (κ2) is 6.45. The van der Waals surface area contributed by atoms with E-state index in [0.29, 0.717) is 17.5 Å². The predicted octanol–water partition coefficient (Wildman–Crippen LogP) is 1.74. The van der Waals surface area contributed by atoms with Gasteiger partial charge in [-0.25, -0.2) is 17.5 Å². The van der Waals surface area contributed by atoms with Crippen molar-refractivity contribution in [3.63, 3.8) is 0 Å². The molecular weight excluding hydrogens is 269 g/mol. The van der Waals surface area contributed by atoms with Crippen LogP contribution in [0.25, 0.3) is 0 Å². The molecule has 6 heteroatoms. The Kier molecular flexibility index (Phi) is 5.46. The Bertz CT molecular complexity index is 520. The van der Waals surface area contributed by atoms with Crippen LogP contribution in [0, 0.1) is 25.6 Å². The number of nitrogens with one attached hydrogen (secondary N) is 1. The van der Waals surface area contributed by atoms with Crippen molar-refractivity contribution < 1.29 is 17.9 Å². The third kappa shape index (κ3) is 4.26. The summed E-state index contributed by atoms with van der Waals surface area (Å²) < 4.78 is 40.1. The van der Waals surface area contributed by atoms with Gasteiger partial charge in [-0.05, 0) is 49.4 Å². The Hall–Kier alpha value is -0.980. The van der Waals surface area contributed by atoms with Crippen molar-refractivity contribution in [2.75, 3.05) is 13.2 Å². The van der Waals surface area contributed by atoms with E-state index in [2.05, 4.69) is 4.72 Å². The molecule has 1 rings (SSSR count). The van der Waals surface area contributed by atoms with E-state index in [9.17, 15) is 12.8 Å². The number of hydrogen-bond donors (Lipinski definition) is 2. The van der Waals surface area contributed by atoms with Gasteiger partial charge >= 0.3 is 0 Å². The predicted molar refractivity (Wildman–Crippen MR) is 71.9 cm³/mol. The summed E-state index contributed by atoms with van der Waals surface area (Å²) in [5.74, 6) is -0.400. The van der Waals surface area contributed by atoms with E-state index < -0.39 is 15.8 Å². The van der Waals surface area contributed by atoms with Gasteiger partial charge in [0.15, 0.2) is 0 Å². The molecule has 1 aromatic rings. The molecule has 0 fully saturated rings. The zero-order chi connectivity index (χ0) is 14.6. The van der Waals surface area contributed by atoms with Crippen LogP contribution in [0.1, 0.15) is 24.5 Å². The van der Waals surface area contributed by atoms with Crippen molar-refractivity contribution in [1.82, 2.24) is 4.72 Å². The maximum absolute atomic E-state index is 13.2. The Morgan fingerprint density at radius 2 is 1.84 bits per heavy atom. The molecule has 19 heavy (non-hydrogen) atoms. The smallest absolute Gasteiger partial charge is 0.241 e. The van der Waals surface area contributed by atoms with E-state index >= 15 is 0 Å². The van der Waals surface area contributed by atoms with Gasteiger partial charge in [0, 0.05) is 13.2 Å². The quantitative estimate of drug-likeness (QED) is 0.838. The highest BCUT2D eigenvalue weighted by Gasteiger charge is 2.20. The molecule has 1 aromatic carbocycles. The van der Waals surface area contributed by atoms with Crippen LogP contribution in [-0.2, 0) is 10.0 Å². The monoisotopic (exact) mass is 289 g/mol. The van der Waals surface area contributed by atoms with Crippen LogP contribution in [0.5, 0.6) is 0 Å². The molecule has 0 aliphatic carbocycles. The number of sulfonamides is 1. The van der Waals surface area contributed by atoms with Crippen molar-refractivity contribution >= 4 is 10.0 Å². The third-order valence-electron chi connectivity index (χ3n) is 2.94. The van der Waals surface area contributed by atoms with Gasteiger partial charge in [-0.15, -0.1) is 0 Å². The summed E-state index contributed by atoms with van der Waals surface area (Å²) in [6.07, 6.45) is 0.532. The molecule has 0 heterocycles. The number of hydrogen-bond acceptors (Lipinski definition) is 3. The fourth-order valence-electron chi connectivity index (χ4n) is 1.97. The van der Waals surface area contributed by atoms with Gasteiger partial charge < -0.3 is 5.11 Å². The van der Waals surface area contributed by atoms with Crippen molar-refractivity contribution in [1.29, 1.82) is 0 Å². The number of halogens is 1. The summed E-state index contributed by atoms with van der Waals surface area (Å²) in [6.45, 7) is 5.27. The minimum absolute atomic E-state index is 0.0253. The molecule has 0 amide bonds. The second-order valence-electron chi connectivity index (χ2n) is 4.84. The maximum atomic E-state index is 13.2. The van der Waals surface area contributed by atoms with Crippen LogP contribution < -0.4 is 4.72 Å². The van der Waals surface area contributed by atoms with E-state index in [0.717, 1.165) is 0 Å². The largest absolute Gasteiger partial charge is 0.396 e. The first-order valence-electron chi connectivity index (χ1n) is 6.15. The molecule has 0 radical (unpaired) electrons. The molecule has 1 atom stereocenters. The summed E-state index contributed by atoms with van der Waals surface area (Å²) in [5.41, 5.74) is 0.777. The van der Waals surface area contributed by atoms with Crippen molar-refractivity contribution in [2.45, 2.75) is 32.1 Å². The summed E-state index contributed by atoms with van der Waals surface area (Å²) in [7, 11) is -3.65. The Morgan fingerprint density at radius 1 is 1.32 bits per heavy atom. The minimum Gasteiger partial charge on any atom is -0.396 e. The highest BCUT2D eigenvalue weighted by atomic mass is 32.2. The zero-order valence-electron chi connectivity index (χ0n) is 11.4. The van der Waals surface area contributed by atoms with Gasteiger partial charge in [-0.3, -0.25) is 0 Å². The van der Waals surface area contributed by atoms with Crippen molar-refractivity contribution in [3.8, 4) is 0 Å². The summed E-state index contributed by atoms with van der Waals surface area (Å²) in [4.78, 5) is 0.130. The highest BCUT2D eigenvalue weighted by Crippen LogP contribution is 2.21. The number of aryl methyl sites for hydroxylation is 2. The lowest BCUT2D eigenvalue weighted by molar-refractivity contribution is 0.263. The van der Waals surface area contributed by atoms with Gasteiger partial charge in [0.05, 0.1) is 4.90 Å². The molecule has 0 saturated carbocycles. The first-order valence-corrected chi connectivity index (χ1v) is 7.63. The maximum Gasteiger partial charge on any atom is 0.241 e. The van der Waals surface area contributed by atoms with E-state index in [1.165, 1.54) is 12.1 Å². The Labute approximate surface area is 113 Å². The van der Waals surface area contributed by atoms with Gasteiger partial charge in [-0.2, -0.15) is 0 Å². The molecule has 1 unspecified atom stereocenters. The molecule has 4 nitrogen and oxygen atoms in total. The van der Waals surface area contributed by atoms with E-state index in [1.807, 2.05) is 6.92 Å². The molecule has 0 saturated heterocycles. The SMILES string of the molecule is Cc1cc(F)cc(C)c1S(=O)(=O)NCC(C)CCO. The Balaban J connectivity index is 2.95. The van der Waals surface area contributed by atoms with Crippen LogP contribution in [0.15, 0.2) is 17.0 Å². The first-order chi connectivity index (χ1) is 8.77. The zero-order valence-corrected chi connectivity index (χ0v) is 12.2. The fraction of sp³-hybridized carbons (Fsp3) is 0.538. The minimum atomic E-state index is -3.65. The summed E-state index contributed by atoms with van der Waals surface area (Å²) in [6, 6.07) is 2.41. The number of rotatable bonds is 6. The second-order valence-corrected chi connectivity index (χ2v) is 6.54. The van der Waals surface area contributed by atoms with Gasteiger partial charge in [0.2, 0.25) is 10.0 Å². The van der Waals surface area contributed by atoms with Crippen LogP contribution >= 0.6 is 0 Å². The van der Waals surface area contributed by atoms with E-state index in [4.69, 9.17) is 5.11 Å². The summed E-state index contributed by atoms with van der Waals surface area (Å²) in [5, 5.41) is 8.78. The van der Waals surface area contributed by atoms with Gasteiger partial charge in [0.25, 0.3) is 0 Å². The van der Waals surface area contributed by atoms with Crippen LogP contribution in [-0.4, -0.2) is 26.7 Å². The fourth-order valence-corrected chi connectivity index (χ4v) is 3.58. The molecule has 2 N–H and O–H groups in total. The topological polar surface area (TPSA) is 66.4 Å².